The van der Waals surface area contributed by atoms with E-state index in [1.54, 1.807) is 6.20 Å². The molecule has 0 aliphatic heterocycles. The number of aromatic nitrogens is 1. The van der Waals surface area contributed by atoms with E-state index in [1.807, 2.05) is 30.3 Å². The number of nitrogens with two attached hydrogens (primary N) is 1. The number of carbonyl (C=O) groups excluding carboxylic acids is 1. The molecule has 0 saturated carbocycles. The molecule has 3 N–H and O–H groups in total. The van der Waals surface area contributed by atoms with Gasteiger partial charge in [0.05, 0.1) is 5.52 Å². The maximum absolute atomic E-state index is 12.4. The van der Waals surface area contributed by atoms with Crippen LogP contribution in [0.15, 0.2) is 36.5 Å². The molecule has 0 radical (unpaired) electrons. The minimum atomic E-state index is -0.0354. The molecule has 112 valence electrons. The Hall–Kier alpha value is -1.94. The summed E-state index contributed by atoms with van der Waals surface area (Å²) in [7, 11) is 0. The molecular weight excluding hydrogens is 262 g/mol. The van der Waals surface area contributed by atoms with Gasteiger partial charge in [0.25, 0.3) is 5.91 Å². The van der Waals surface area contributed by atoms with Crippen molar-refractivity contribution in [3.05, 3.63) is 42.1 Å². The number of rotatable bonds is 7. The SMILES string of the molecule is CCCC(CCN)CNC(=O)c1cccc2ncccc12. The van der Waals surface area contributed by atoms with Crippen LogP contribution in [0.5, 0.6) is 0 Å². The minimum Gasteiger partial charge on any atom is -0.352 e. The summed E-state index contributed by atoms with van der Waals surface area (Å²) in [6.45, 7) is 3.50. The summed E-state index contributed by atoms with van der Waals surface area (Å²) in [4.78, 5) is 16.7. The van der Waals surface area contributed by atoms with Gasteiger partial charge in [-0.05, 0) is 43.5 Å². The van der Waals surface area contributed by atoms with Crippen molar-refractivity contribution in [3.8, 4) is 0 Å². The van der Waals surface area contributed by atoms with Crippen LogP contribution < -0.4 is 11.1 Å². The third kappa shape index (κ3) is 4.02. The number of benzene rings is 1. The smallest absolute Gasteiger partial charge is 0.251 e. The average Bonchev–Trinajstić information content (AvgIpc) is 2.52. The van der Waals surface area contributed by atoms with Crippen LogP contribution in [0.1, 0.15) is 36.5 Å². The molecular formula is C17H23N3O. The van der Waals surface area contributed by atoms with Crippen molar-refractivity contribution in [1.29, 1.82) is 0 Å². The lowest BCUT2D eigenvalue weighted by Gasteiger charge is -2.16. The number of amides is 1. The number of pyridine rings is 1. The summed E-state index contributed by atoms with van der Waals surface area (Å²) < 4.78 is 0. The first kappa shape index (κ1) is 15.4. The van der Waals surface area contributed by atoms with Crippen LogP contribution in [0, 0.1) is 5.92 Å². The van der Waals surface area contributed by atoms with Crippen molar-refractivity contribution in [2.24, 2.45) is 11.7 Å². The monoisotopic (exact) mass is 285 g/mol. The fourth-order valence-corrected chi connectivity index (χ4v) is 2.63. The summed E-state index contributed by atoms with van der Waals surface area (Å²) in [5, 5.41) is 3.93. The largest absolute Gasteiger partial charge is 0.352 e. The molecule has 0 aliphatic rings. The van der Waals surface area contributed by atoms with Crippen molar-refractivity contribution < 1.29 is 4.79 Å². The summed E-state index contributed by atoms with van der Waals surface area (Å²) in [6.07, 6.45) is 4.89. The van der Waals surface area contributed by atoms with E-state index in [1.165, 1.54) is 0 Å². The molecule has 1 amide bonds. The van der Waals surface area contributed by atoms with Crippen LogP contribution in [-0.2, 0) is 0 Å². The molecule has 1 heterocycles. The number of carbonyl (C=O) groups is 1. The maximum atomic E-state index is 12.4. The molecule has 4 nitrogen and oxygen atoms in total. The van der Waals surface area contributed by atoms with Crippen LogP contribution in [0.2, 0.25) is 0 Å². The van der Waals surface area contributed by atoms with Crippen molar-refractivity contribution in [2.45, 2.75) is 26.2 Å². The number of hydrogen-bond donors (Lipinski definition) is 2. The zero-order valence-corrected chi connectivity index (χ0v) is 12.5. The normalized spacial score (nSPS) is 12.3. The van der Waals surface area contributed by atoms with E-state index in [-0.39, 0.29) is 5.91 Å². The number of nitrogens with one attached hydrogen (secondary N) is 1. The topological polar surface area (TPSA) is 68.0 Å². The van der Waals surface area contributed by atoms with E-state index in [0.717, 1.165) is 30.2 Å². The second-order valence-corrected chi connectivity index (χ2v) is 5.32. The van der Waals surface area contributed by atoms with Gasteiger partial charge < -0.3 is 11.1 Å². The first-order valence-electron chi connectivity index (χ1n) is 7.58. The molecule has 1 atom stereocenters. The van der Waals surface area contributed by atoms with Crippen LogP contribution in [0.4, 0.5) is 0 Å². The fourth-order valence-electron chi connectivity index (χ4n) is 2.63. The van der Waals surface area contributed by atoms with Gasteiger partial charge >= 0.3 is 0 Å². The molecule has 0 fully saturated rings. The first-order chi connectivity index (χ1) is 10.3. The van der Waals surface area contributed by atoms with Gasteiger partial charge in [-0.15, -0.1) is 0 Å². The Labute approximate surface area is 125 Å². The molecule has 4 heteroatoms. The van der Waals surface area contributed by atoms with E-state index in [9.17, 15) is 4.79 Å². The molecule has 0 bridgehead atoms. The third-order valence-electron chi connectivity index (χ3n) is 3.71. The van der Waals surface area contributed by atoms with E-state index >= 15 is 0 Å². The number of fused-ring (bicyclic) bond motifs is 1. The molecule has 1 unspecified atom stereocenters. The van der Waals surface area contributed by atoms with Crippen LogP contribution in [0.25, 0.3) is 10.9 Å². The van der Waals surface area contributed by atoms with E-state index < -0.39 is 0 Å². The predicted molar refractivity (Wildman–Crippen MR) is 86.1 cm³/mol. The highest BCUT2D eigenvalue weighted by Gasteiger charge is 2.12. The number of nitrogens with zero attached hydrogens (tertiary/aromatic N) is 1. The summed E-state index contributed by atoms with van der Waals surface area (Å²) in [5.74, 6) is 0.420. The standard InChI is InChI=1S/C17H23N3O/c1-2-5-13(9-10-18)12-20-17(21)15-6-3-8-16-14(15)7-4-11-19-16/h3-4,6-8,11,13H,2,5,9-10,12,18H2,1H3,(H,20,21). The van der Waals surface area contributed by atoms with Gasteiger partial charge in [0.2, 0.25) is 0 Å². The third-order valence-corrected chi connectivity index (χ3v) is 3.71. The van der Waals surface area contributed by atoms with Gasteiger partial charge in [-0.25, -0.2) is 0 Å². The summed E-state index contributed by atoms with van der Waals surface area (Å²) in [6, 6.07) is 9.42. The lowest BCUT2D eigenvalue weighted by atomic mass is 9.99. The summed E-state index contributed by atoms with van der Waals surface area (Å²) in [5.41, 5.74) is 7.16. The molecule has 2 aromatic rings. The lowest BCUT2D eigenvalue weighted by Crippen LogP contribution is -2.30. The highest BCUT2D eigenvalue weighted by atomic mass is 16.1. The van der Waals surface area contributed by atoms with Crippen molar-refractivity contribution in [1.82, 2.24) is 10.3 Å². The summed E-state index contributed by atoms with van der Waals surface area (Å²) >= 11 is 0. The quantitative estimate of drug-likeness (QED) is 0.822. The van der Waals surface area contributed by atoms with Crippen LogP contribution >= 0.6 is 0 Å². The maximum Gasteiger partial charge on any atom is 0.251 e. The highest BCUT2D eigenvalue weighted by Crippen LogP contribution is 2.16. The Morgan fingerprint density at radius 2 is 2.14 bits per heavy atom. The van der Waals surface area contributed by atoms with Gasteiger partial charge in [-0.1, -0.05) is 25.5 Å². The highest BCUT2D eigenvalue weighted by molar-refractivity contribution is 6.06. The number of hydrogen-bond acceptors (Lipinski definition) is 3. The van der Waals surface area contributed by atoms with Crippen LogP contribution in [0.3, 0.4) is 0 Å². The van der Waals surface area contributed by atoms with Crippen LogP contribution in [-0.4, -0.2) is 24.0 Å². The van der Waals surface area contributed by atoms with E-state index in [2.05, 4.69) is 17.2 Å². The van der Waals surface area contributed by atoms with Gasteiger partial charge in [-0.2, -0.15) is 0 Å². The predicted octanol–water partition coefficient (Wildman–Crippen LogP) is 2.73. The second-order valence-electron chi connectivity index (χ2n) is 5.32. The first-order valence-corrected chi connectivity index (χ1v) is 7.58. The Kier molecular flexibility index (Phi) is 5.69. The van der Waals surface area contributed by atoms with E-state index in [0.29, 0.717) is 24.6 Å². The molecule has 2 rings (SSSR count). The van der Waals surface area contributed by atoms with Gasteiger partial charge in [0.1, 0.15) is 0 Å². The average molecular weight is 285 g/mol. The van der Waals surface area contributed by atoms with Crippen molar-refractivity contribution in [2.75, 3.05) is 13.1 Å². The zero-order valence-electron chi connectivity index (χ0n) is 12.5. The van der Waals surface area contributed by atoms with Gasteiger partial charge in [0.15, 0.2) is 0 Å². The van der Waals surface area contributed by atoms with Gasteiger partial charge in [0, 0.05) is 23.7 Å². The molecule has 0 spiro atoms. The Bertz CT molecular complexity index is 586. The van der Waals surface area contributed by atoms with Crippen molar-refractivity contribution in [3.63, 3.8) is 0 Å². The molecule has 0 saturated heterocycles. The van der Waals surface area contributed by atoms with E-state index in [4.69, 9.17) is 5.73 Å². The molecule has 1 aromatic heterocycles. The lowest BCUT2D eigenvalue weighted by molar-refractivity contribution is 0.0947. The molecule has 0 aliphatic carbocycles. The Morgan fingerprint density at radius 1 is 1.29 bits per heavy atom. The minimum absolute atomic E-state index is 0.0354. The Morgan fingerprint density at radius 3 is 2.90 bits per heavy atom. The zero-order chi connectivity index (χ0) is 15.1. The second kappa shape index (κ2) is 7.74. The Balaban J connectivity index is 2.08. The fraction of sp³-hybridized carbons (Fsp3) is 0.412. The molecule has 1 aromatic carbocycles. The molecule has 21 heavy (non-hydrogen) atoms. The van der Waals surface area contributed by atoms with Gasteiger partial charge in [-0.3, -0.25) is 9.78 Å². The van der Waals surface area contributed by atoms with Crippen molar-refractivity contribution >= 4 is 16.8 Å².